The third-order valence-corrected chi connectivity index (χ3v) is 4.07. The molecule has 24 heavy (non-hydrogen) atoms. The van der Waals surface area contributed by atoms with Gasteiger partial charge in [-0.2, -0.15) is 0 Å². The van der Waals surface area contributed by atoms with Crippen LogP contribution in [-0.4, -0.2) is 24.2 Å². The number of fused-ring (bicyclic) bond motifs is 2. The molecule has 0 aliphatic heterocycles. The maximum Gasteiger partial charge on any atom is 0.145 e. The van der Waals surface area contributed by atoms with Crippen molar-refractivity contribution in [2.24, 2.45) is 0 Å². The highest BCUT2D eigenvalue weighted by atomic mass is 16.5. The molecule has 0 saturated carbocycles. The van der Waals surface area contributed by atoms with Crippen molar-refractivity contribution in [3.63, 3.8) is 0 Å². The summed E-state index contributed by atoms with van der Waals surface area (Å²) < 4.78 is 10.8. The normalized spacial score (nSPS) is 10.9. The Morgan fingerprint density at radius 2 is 1.04 bits per heavy atom. The van der Waals surface area contributed by atoms with E-state index < -0.39 is 0 Å². The largest absolute Gasteiger partial charge is 0.494 e. The molecule has 118 valence electrons. The van der Waals surface area contributed by atoms with Crippen LogP contribution in [0.25, 0.3) is 33.2 Å². The molecule has 0 amide bonds. The van der Waals surface area contributed by atoms with Crippen molar-refractivity contribution in [2.45, 2.75) is 0 Å². The molecule has 2 aromatic heterocycles. The van der Waals surface area contributed by atoms with E-state index in [0.29, 0.717) is 0 Å². The van der Waals surface area contributed by atoms with E-state index in [1.165, 1.54) is 0 Å². The van der Waals surface area contributed by atoms with Gasteiger partial charge in [0.25, 0.3) is 0 Å². The van der Waals surface area contributed by atoms with Crippen LogP contribution in [0.3, 0.4) is 0 Å². The molecule has 0 bridgehead atoms. The summed E-state index contributed by atoms with van der Waals surface area (Å²) in [5.41, 5.74) is 3.28. The van der Waals surface area contributed by atoms with Crippen molar-refractivity contribution in [2.75, 3.05) is 14.2 Å². The van der Waals surface area contributed by atoms with Crippen molar-refractivity contribution in [3.8, 4) is 22.9 Å². The fourth-order valence-electron chi connectivity index (χ4n) is 2.85. The highest BCUT2D eigenvalue weighted by molar-refractivity contribution is 5.89. The first-order chi connectivity index (χ1) is 11.8. The van der Waals surface area contributed by atoms with Crippen molar-refractivity contribution in [1.29, 1.82) is 0 Å². The quantitative estimate of drug-likeness (QED) is 0.559. The monoisotopic (exact) mass is 316 g/mol. The molecule has 4 nitrogen and oxygen atoms in total. The lowest BCUT2D eigenvalue weighted by molar-refractivity contribution is 0.418. The second kappa shape index (κ2) is 5.81. The summed E-state index contributed by atoms with van der Waals surface area (Å²) in [7, 11) is 3.31. The summed E-state index contributed by atoms with van der Waals surface area (Å²) >= 11 is 0. The van der Waals surface area contributed by atoms with Crippen molar-refractivity contribution >= 4 is 21.8 Å². The van der Waals surface area contributed by atoms with Crippen LogP contribution < -0.4 is 9.47 Å². The highest BCUT2D eigenvalue weighted by Gasteiger charge is 2.09. The summed E-state index contributed by atoms with van der Waals surface area (Å²) in [6, 6.07) is 19.8. The van der Waals surface area contributed by atoms with Crippen LogP contribution >= 0.6 is 0 Å². The van der Waals surface area contributed by atoms with E-state index in [0.717, 1.165) is 44.7 Å². The minimum absolute atomic E-state index is 0.757. The number of para-hydroxylation sites is 2. The molecule has 4 aromatic rings. The molecule has 0 spiro atoms. The third kappa shape index (κ3) is 2.33. The number of pyridine rings is 2. The zero-order valence-corrected chi connectivity index (χ0v) is 13.5. The maximum atomic E-state index is 5.42. The Balaban J connectivity index is 1.92. The lowest BCUT2D eigenvalue weighted by Crippen LogP contribution is -1.93. The average molecular weight is 316 g/mol. The van der Waals surface area contributed by atoms with Crippen molar-refractivity contribution < 1.29 is 9.47 Å². The molecule has 0 radical (unpaired) electrons. The van der Waals surface area contributed by atoms with E-state index in [9.17, 15) is 0 Å². The van der Waals surface area contributed by atoms with Gasteiger partial charge in [-0.05, 0) is 24.3 Å². The van der Waals surface area contributed by atoms with E-state index in [-0.39, 0.29) is 0 Å². The van der Waals surface area contributed by atoms with Gasteiger partial charge in [-0.3, -0.25) is 0 Å². The number of nitrogens with zero attached hydrogens (tertiary/aromatic N) is 2. The van der Waals surface area contributed by atoms with Gasteiger partial charge < -0.3 is 9.47 Å². The molecule has 0 N–H and O–H groups in total. The molecule has 2 aromatic carbocycles. The minimum atomic E-state index is 0.757. The first-order valence-electron chi connectivity index (χ1n) is 7.68. The standard InChI is InChI=1S/C20H16N2O2/c1-23-17-7-3-5-13-9-11-15(21-19(13)17)16-12-10-14-6-4-8-18(24-2)20(14)22-16/h3-12H,1-2H3. The summed E-state index contributed by atoms with van der Waals surface area (Å²) in [5, 5.41) is 2.08. The number of ether oxygens (including phenoxy) is 2. The molecule has 0 atom stereocenters. The zero-order chi connectivity index (χ0) is 16.5. The van der Waals surface area contributed by atoms with Crippen LogP contribution in [0.15, 0.2) is 60.7 Å². The third-order valence-electron chi connectivity index (χ3n) is 4.07. The van der Waals surface area contributed by atoms with E-state index in [2.05, 4.69) is 0 Å². The molecular formula is C20H16N2O2. The first kappa shape index (κ1) is 14.5. The van der Waals surface area contributed by atoms with E-state index in [4.69, 9.17) is 19.4 Å². The second-order valence-electron chi connectivity index (χ2n) is 5.46. The minimum Gasteiger partial charge on any atom is -0.494 e. The first-order valence-corrected chi connectivity index (χ1v) is 7.68. The lowest BCUT2D eigenvalue weighted by Gasteiger charge is -2.09. The number of benzene rings is 2. The highest BCUT2D eigenvalue weighted by Crippen LogP contribution is 2.29. The van der Waals surface area contributed by atoms with Gasteiger partial charge in [-0.15, -0.1) is 0 Å². The second-order valence-corrected chi connectivity index (χ2v) is 5.46. The molecule has 2 heterocycles. The Hall–Kier alpha value is -3.14. The summed E-state index contributed by atoms with van der Waals surface area (Å²) in [4.78, 5) is 9.50. The fraction of sp³-hybridized carbons (Fsp3) is 0.100. The van der Waals surface area contributed by atoms with Crippen LogP contribution in [0.5, 0.6) is 11.5 Å². The summed E-state index contributed by atoms with van der Waals surface area (Å²) in [5.74, 6) is 1.51. The van der Waals surface area contributed by atoms with Crippen LogP contribution in [0.4, 0.5) is 0 Å². The molecule has 0 unspecified atom stereocenters. The van der Waals surface area contributed by atoms with Gasteiger partial charge in [0.15, 0.2) is 0 Å². The molecule has 0 aliphatic carbocycles. The number of hydrogen-bond acceptors (Lipinski definition) is 4. The summed E-state index contributed by atoms with van der Waals surface area (Å²) in [6.07, 6.45) is 0. The maximum absolute atomic E-state index is 5.42. The zero-order valence-electron chi connectivity index (χ0n) is 13.5. The Morgan fingerprint density at radius 3 is 1.46 bits per heavy atom. The number of aromatic nitrogens is 2. The van der Waals surface area contributed by atoms with Crippen LogP contribution in [0.1, 0.15) is 0 Å². The Kier molecular flexibility index (Phi) is 3.50. The van der Waals surface area contributed by atoms with Crippen LogP contribution in [0.2, 0.25) is 0 Å². The molecule has 4 heteroatoms. The number of methoxy groups -OCH3 is 2. The van der Waals surface area contributed by atoms with Crippen molar-refractivity contribution in [1.82, 2.24) is 9.97 Å². The molecular weight excluding hydrogens is 300 g/mol. The molecule has 0 fully saturated rings. The van der Waals surface area contributed by atoms with Gasteiger partial charge in [0.2, 0.25) is 0 Å². The van der Waals surface area contributed by atoms with Gasteiger partial charge in [0, 0.05) is 10.8 Å². The van der Waals surface area contributed by atoms with E-state index in [1.54, 1.807) is 14.2 Å². The SMILES string of the molecule is COc1cccc2ccc(-c3ccc4cccc(OC)c4n3)nc12. The predicted molar refractivity (Wildman–Crippen MR) is 95.6 cm³/mol. The average Bonchev–Trinajstić information content (AvgIpc) is 2.66. The van der Waals surface area contributed by atoms with Gasteiger partial charge in [-0.25, -0.2) is 9.97 Å². The fourth-order valence-corrected chi connectivity index (χ4v) is 2.85. The van der Waals surface area contributed by atoms with E-state index >= 15 is 0 Å². The van der Waals surface area contributed by atoms with Crippen LogP contribution in [0, 0.1) is 0 Å². The number of rotatable bonds is 3. The van der Waals surface area contributed by atoms with Gasteiger partial charge in [0.1, 0.15) is 22.5 Å². The smallest absolute Gasteiger partial charge is 0.145 e. The van der Waals surface area contributed by atoms with Gasteiger partial charge >= 0.3 is 0 Å². The Morgan fingerprint density at radius 1 is 0.583 bits per heavy atom. The molecule has 0 saturated heterocycles. The molecule has 0 aliphatic rings. The van der Waals surface area contributed by atoms with Gasteiger partial charge in [0.05, 0.1) is 25.6 Å². The predicted octanol–water partition coefficient (Wildman–Crippen LogP) is 4.47. The van der Waals surface area contributed by atoms with Crippen molar-refractivity contribution in [3.05, 3.63) is 60.7 Å². The van der Waals surface area contributed by atoms with E-state index in [1.807, 2.05) is 60.7 Å². The van der Waals surface area contributed by atoms with Crippen LogP contribution in [-0.2, 0) is 0 Å². The lowest BCUT2D eigenvalue weighted by atomic mass is 10.1. The molecule has 4 rings (SSSR count). The Labute approximate surface area is 139 Å². The number of hydrogen-bond donors (Lipinski definition) is 0. The van der Waals surface area contributed by atoms with Gasteiger partial charge in [-0.1, -0.05) is 36.4 Å². The summed E-state index contributed by atoms with van der Waals surface area (Å²) in [6.45, 7) is 0. The Bertz CT molecular complexity index is 959. The topological polar surface area (TPSA) is 44.2 Å².